The molecule has 0 aliphatic heterocycles. The van der Waals surface area contributed by atoms with Crippen molar-refractivity contribution >= 4 is 27.8 Å². The Bertz CT molecular complexity index is 1130. The molecular formula is C19H13FN2O3. The summed E-state index contributed by atoms with van der Waals surface area (Å²) >= 11 is 0. The summed E-state index contributed by atoms with van der Waals surface area (Å²) in [6.45, 7) is 0.0831. The number of halogens is 1. The van der Waals surface area contributed by atoms with Crippen molar-refractivity contribution in [2.75, 3.05) is 0 Å². The Balaban J connectivity index is 1.62. The Kier molecular flexibility index (Phi) is 3.57. The molecule has 0 saturated carbocycles. The number of pyridine rings is 1. The van der Waals surface area contributed by atoms with Gasteiger partial charge in [0.05, 0.1) is 0 Å². The zero-order valence-corrected chi connectivity index (χ0v) is 13.0. The summed E-state index contributed by atoms with van der Waals surface area (Å²) in [5, 5.41) is 4.08. The molecule has 0 unspecified atom stereocenters. The van der Waals surface area contributed by atoms with Crippen LogP contribution in [0.15, 0.2) is 63.8 Å². The van der Waals surface area contributed by atoms with Gasteiger partial charge in [0, 0.05) is 28.9 Å². The minimum atomic E-state index is -0.413. The minimum absolute atomic E-state index is 0.0831. The van der Waals surface area contributed by atoms with Gasteiger partial charge in [-0.05, 0) is 35.9 Å². The molecule has 5 nitrogen and oxygen atoms in total. The fourth-order valence-corrected chi connectivity index (χ4v) is 2.80. The van der Waals surface area contributed by atoms with E-state index >= 15 is 0 Å². The van der Waals surface area contributed by atoms with Crippen LogP contribution in [0.4, 0.5) is 4.39 Å². The van der Waals surface area contributed by atoms with Gasteiger partial charge >= 0.3 is 0 Å². The zero-order valence-electron chi connectivity index (χ0n) is 13.0. The van der Waals surface area contributed by atoms with Gasteiger partial charge in [0.25, 0.3) is 5.91 Å². The van der Waals surface area contributed by atoms with Crippen LogP contribution in [0.2, 0.25) is 0 Å². The van der Waals surface area contributed by atoms with Gasteiger partial charge in [0.1, 0.15) is 11.4 Å². The average Bonchev–Trinajstić information content (AvgIpc) is 3.04. The van der Waals surface area contributed by atoms with Crippen LogP contribution in [0.5, 0.6) is 0 Å². The normalized spacial score (nSPS) is 11.1. The molecule has 0 atom stereocenters. The maximum Gasteiger partial charge on any atom is 0.287 e. The summed E-state index contributed by atoms with van der Waals surface area (Å²) in [4.78, 5) is 26.7. The summed E-state index contributed by atoms with van der Waals surface area (Å²) in [6.07, 6.45) is 0. The zero-order chi connectivity index (χ0) is 17.4. The number of aromatic amines is 1. The number of carbonyl (C=O) groups is 1. The van der Waals surface area contributed by atoms with E-state index in [4.69, 9.17) is 4.42 Å². The van der Waals surface area contributed by atoms with Gasteiger partial charge in [-0.2, -0.15) is 0 Å². The van der Waals surface area contributed by atoms with Gasteiger partial charge in [-0.25, -0.2) is 4.39 Å². The largest absolute Gasteiger partial charge is 0.451 e. The lowest BCUT2D eigenvalue weighted by Gasteiger charge is -2.07. The molecule has 4 rings (SSSR count). The lowest BCUT2D eigenvalue weighted by Crippen LogP contribution is -2.23. The lowest BCUT2D eigenvalue weighted by molar-refractivity contribution is 0.0925. The molecule has 25 heavy (non-hydrogen) atoms. The third-order valence-electron chi connectivity index (χ3n) is 3.98. The summed E-state index contributed by atoms with van der Waals surface area (Å²) in [7, 11) is 0. The number of nitrogens with one attached hydrogen (secondary N) is 2. The molecule has 0 fully saturated rings. The molecule has 0 aliphatic carbocycles. The van der Waals surface area contributed by atoms with Crippen molar-refractivity contribution in [2.45, 2.75) is 6.54 Å². The van der Waals surface area contributed by atoms with Crippen LogP contribution in [-0.2, 0) is 6.54 Å². The van der Waals surface area contributed by atoms with Crippen LogP contribution in [-0.4, -0.2) is 10.9 Å². The summed E-state index contributed by atoms with van der Waals surface area (Å²) in [5.41, 5.74) is 1.35. The van der Waals surface area contributed by atoms with Gasteiger partial charge in [0.15, 0.2) is 5.76 Å². The Labute approximate surface area is 141 Å². The average molecular weight is 336 g/mol. The maximum atomic E-state index is 13.5. The van der Waals surface area contributed by atoms with Crippen LogP contribution in [0.1, 0.15) is 16.1 Å². The van der Waals surface area contributed by atoms with Crippen molar-refractivity contribution in [3.8, 4) is 0 Å². The number of benzene rings is 2. The fourth-order valence-electron chi connectivity index (χ4n) is 2.80. The second-order valence-electron chi connectivity index (χ2n) is 5.68. The second-order valence-corrected chi connectivity index (χ2v) is 5.68. The summed E-state index contributed by atoms with van der Waals surface area (Å²) in [6, 6.07) is 14.4. The molecule has 2 aromatic heterocycles. The van der Waals surface area contributed by atoms with Crippen molar-refractivity contribution in [3.63, 3.8) is 0 Å². The highest BCUT2D eigenvalue weighted by Gasteiger charge is 2.13. The summed E-state index contributed by atoms with van der Waals surface area (Å²) < 4.78 is 19.0. The number of aromatic nitrogens is 1. The smallest absolute Gasteiger partial charge is 0.287 e. The topological polar surface area (TPSA) is 75.1 Å². The predicted molar refractivity (Wildman–Crippen MR) is 91.9 cm³/mol. The van der Waals surface area contributed by atoms with Gasteiger partial charge in [0.2, 0.25) is 5.56 Å². The fraction of sp³-hybridized carbons (Fsp3) is 0.0526. The number of H-pyrrole nitrogens is 1. The number of amides is 1. The van der Waals surface area contributed by atoms with Crippen LogP contribution in [0.3, 0.4) is 0 Å². The monoisotopic (exact) mass is 336 g/mol. The lowest BCUT2D eigenvalue weighted by atomic mass is 10.1. The van der Waals surface area contributed by atoms with E-state index < -0.39 is 11.7 Å². The van der Waals surface area contributed by atoms with Gasteiger partial charge in [-0.1, -0.05) is 18.2 Å². The molecule has 2 N–H and O–H groups in total. The van der Waals surface area contributed by atoms with Gasteiger partial charge in [-0.15, -0.1) is 0 Å². The van der Waals surface area contributed by atoms with E-state index in [1.165, 1.54) is 24.3 Å². The number of fused-ring (bicyclic) bond motifs is 2. The molecule has 124 valence electrons. The van der Waals surface area contributed by atoms with E-state index in [0.717, 1.165) is 5.39 Å². The SMILES string of the molecule is O=C(NCc1cc(=O)[nH]c2ccc(F)cc12)c1cc2ccccc2o1. The Morgan fingerprint density at radius 2 is 1.96 bits per heavy atom. The molecule has 4 aromatic rings. The van der Waals surface area contributed by atoms with Crippen molar-refractivity contribution in [3.05, 3.63) is 82.1 Å². The molecule has 2 aromatic carbocycles. The molecule has 0 aliphatic rings. The maximum absolute atomic E-state index is 13.5. The van der Waals surface area contributed by atoms with Gasteiger partial charge < -0.3 is 14.7 Å². The molecule has 1 amide bonds. The number of para-hydroxylation sites is 1. The highest BCUT2D eigenvalue weighted by atomic mass is 19.1. The number of rotatable bonds is 3. The number of carbonyl (C=O) groups excluding carboxylic acids is 1. The van der Waals surface area contributed by atoms with E-state index in [0.29, 0.717) is 22.0 Å². The van der Waals surface area contributed by atoms with Crippen LogP contribution < -0.4 is 10.9 Å². The molecule has 2 heterocycles. The Morgan fingerprint density at radius 1 is 1.12 bits per heavy atom. The van der Waals surface area contributed by atoms with E-state index in [-0.39, 0.29) is 17.9 Å². The van der Waals surface area contributed by atoms with E-state index in [1.807, 2.05) is 18.2 Å². The molecule has 0 bridgehead atoms. The molecule has 0 spiro atoms. The number of hydrogen-bond acceptors (Lipinski definition) is 3. The highest BCUT2D eigenvalue weighted by molar-refractivity contribution is 5.96. The summed E-state index contributed by atoms with van der Waals surface area (Å²) in [5.74, 6) is -0.632. The van der Waals surface area contributed by atoms with E-state index in [1.54, 1.807) is 12.1 Å². The van der Waals surface area contributed by atoms with Crippen LogP contribution in [0.25, 0.3) is 21.9 Å². The highest BCUT2D eigenvalue weighted by Crippen LogP contribution is 2.19. The number of hydrogen-bond donors (Lipinski definition) is 2. The first-order chi connectivity index (χ1) is 12.1. The molecule has 0 saturated heterocycles. The predicted octanol–water partition coefficient (Wildman–Crippen LogP) is 3.34. The quantitative estimate of drug-likeness (QED) is 0.602. The van der Waals surface area contributed by atoms with E-state index in [2.05, 4.69) is 10.3 Å². The number of furan rings is 1. The minimum Gasteiger partial charge on any atom is -0.451 e. The first-order valence-electron chi connectivity index (χ1n) is 7.68. The molecular weight excluding hydrogens is 323 g/mol. The Hall–Kier alpha value is -3.41. The van der Waals surface area contributed by atoms with Crippen molar-refractivity contribution in [1.29, 1.82) is 0 Å². The van der Waals surface area contributed by atoms with Crippen LogP contribution in [0, 0.1) is 5.82 Å². The first-order valence-corrected chi connectivity index (χ1v) is 7.68. The third-order valence-corrected chi connectivity index (χ3v) is 3.98. The van der Waals surface area contributed by atoms with E-state index in [9.17, 15) is 14.0 Å². The van der Waals surface area contributed by atoms with Crippen molar-refractivity contribution < 1.29 is 13.6 Å². The first kappa shape index (κ1) is 15.1. The van der Waals surface area contributed by atoms with Gasteiger partial charge in [-0.3, -0.25) is 9.59 Å². The van der Waals surface area contributed by atoms with Crippen molar-refractivity contribution in [2.24, 2.45) is 0 Å². The molecule has 0 radical (unpaired) electrons. The Morgan fingerprint density at radius 3 is 2.80 bits per heavy atom. The standard InChI is InChI=1S/C19H13FN2O3/c20-13-5-6-15-14(9-13)12(8-18(23)22-15)10-21-19(24)17-7-11-3-1-2-4-16(11)25-17/h1-9H,10H2,(H,21,24)(H,22,23). The molecule has 6 heteroatoms. The second kappa shape index (κ2) is 5.90. The van der Waals surface area contributed by atoms with Crippen molar-refractivity contribution in [1.82, 2.24) is 10.3 Å². The third kappa shape index (κ3) is 2.89. The van der Waals surface area contributed by atoms with Crippen LogP contribution >= 0.6 is 0 Å².